The lowest BCUT2D eigenvalue weighted by Crippen LogP contribution is -2.66. The molecule has 0 aromatic rings. The van der Waals surface area contributed by atoms with E-state index in [9.17, 15) is 0 Å². The summed E-state index contributed by atoms with van der Waals surface area (Å²) in [6.45, 7) is 17.7. The molecule has 2 heterocycles. The van der Waals surface area contributed by atoms with Crippen LogP contribution in [-0.2, 0) is 27.5 Å². The standard InChI is InChI=1S/C20H42B2O6Si2/c1-9-11-13-21-23-15-16-18(26-22(24-16)14-12-10-2)20(28-30(6,7)8)19(17(15)25-21)27-29(3,4)5/h15-20H,9-14H2,1-8H3/t15-,16-,17+,18+,19-,20-/m1/s1. The first-order valence-electron chi connectivity index (χ1n) is 12.0. The average Bonchev–Trinajstić information content (AvgIpc) is 3.23. The van der Waals surface area contributed by atoms with Crippen molar-refractivity contribution in [3.63, 3.8) is 0 Å². The third-order valence-electron chi connectivity index (χ3n) is 5.74. The van der Waals surface area contributed by atoms with Crippen molar-refractivity contribution in [3.05, 3.63) is 0 Å². The average molecular weight is 456 g/mol. The van der Waals surface area contributed by atoms with E-state index < -0.39 is 16.6 Å². The molecule has 30 heavy (non-hydrogen) atoms. The van der Waals surface area contributed by atoms with Gasteiger partial charge in [0, 0.05) is 0 Å². The Labute approximate surface area is 186 Å². The minimum atomic E-state index is -1.85. The molecule has 0 N–H and O–H groups in total. The lowest BCUT2D eigenvalue weighted by molar-refractivity contribution is -0.142. The maximum absolute atomic E-state index is 6.72. The number of fused-ring (bicyclic) bond motifs is 3. The summed E-state index contributed by atoms with van der Waals surface area (Å²) < 4.78 is 39.2. The van der Waals surface area contributed by atoms with Gasteiger partial charge in [0.15, 0.2) is 16.6 Å². The fraction of sp³-hybridized carbons (Fsp3) is 1.00. The van der Waals surface area contributed by atoms with Crippen LogP contribution >= 0.6 is 0 Å². The van der Waals surface area contributed by atoms with Crippen molar-refractivity contribution in [1.82, 2.24) is 0 Å². The van der Waals surface area contributed by atoms with Crippen LogP contribution in [0.15, 0.2) is 0 Å². The summed E-state index contributed by atoms with van der Waals surface area (Å²) in [7, 11) is -4.09. The third-order valence-corrected chi connectivity index (χ3v) is 7.70. The van der Waals surface area contributed by atoms with Gasteiger partial charge < -0.3 is 27.5 Å². The van der Waals surface area contributed by atoms with E-state index in [1.807, 2.05) is 0 Å². The summed E-state index contributed by atoms with van der Waals surface area (Å²) in [5.41, 5.74) is 0. The molecule has 3 rings (SSSR count). The molecule has 3 aliphatic rings. The van der Waals surface area contributed by atoms with Crippen molar-refractivity contribution in [1.29, 1.82) is 0 Å². The molecular formula is C20H42B2O6Si2. The van der Waals surface area contributed by atoms with Gasteiger partial charge in [-0.25, -0.2) is 0 Å². The molecule has 6 atom stereocenters. The summed E-state index contributed by atoms with van der Waals surface area (Å²) in [6, 6.07) is 0. The Balaban J connectivity index is 1.88. The highest BCUT2D eigenvalue weighted by molar-refractivity contribution is 6.70. The van der Waals surface area contributed by atoms with Crippen LogP contribution in [0.25, 0.3) is 0 Å². The van der Waals surface area contributed by atoms with Gasteiger partial charge in [-0.05, 0) is 51.9 Å². The quantitative estimate of drug-likeness (QED) is 0.449. The first-order chi connectivity index (χ1) is 14.0. The highest BCUT2D eigenvalue weighted by atomic mass is 28.4. The molecule has 3 fully saturated rings. The van der Waals surface area contributed by atoms with Gasteiger partial charge in [0.25, 0.3) is 0 Å². The van der Waals surface area contributed by atoms with Crippen LogP contribution in [-0.4, -0.2) is 67.5 Å². The molecule has 1 aliphatic carbocycles. The topological polar surface area (TPSA) is 55.4 Å². The Morgan fingerprint density at radius 1 is 0.600 bits per heavy atom. The SMILES string of the molecule is CCCCB1O[C@@H]2[C@H]3OB(CCCC)O[C@@H]3[C@@H](O[Si](C)(C)C)[C@H](O[Si](C)(C)C)[C@H]2O1. The second-order valence-electron chi connectivity index (χ2n) is 10.9. The van der Waals surface area contributed by atoms with Gasteiger partial charge in [0.2, 0.25) is 0 Å². The molecule has 0 amide bonds. The Bertz CT molecular complexity index is 510. The van der Waals surface area contributed by atoms with Crippen LogP contribution in [0.5, 0.6) is 0 Å². The van der Waals surface area contributed by atoms with Crippen molar-refractivity contribution in [3.8, 4) is 0 Å². The van der Waals surface area contributed by atoms with E-state index in [1.54, 1.807) is 0 Å². The zero-order valence-corrected chi connectivity index (χ0v) is 22.3. The fourth-order valence-corrected chi connectivity index (χ4v) is 6.77. The number of rotatable bonds is 10. The lowest BCUT2D eigenvalue weighted by atomic mass is 9.82. The molecule has 0 aromatic carbocycles. The summed E-state index contributed by atoms with van der Waals surface area (Å²) in [6.07, 6.45) is 5.19. The molecule has 10 heteroatoms. The molecule has 0 aromatic heterocycles. The Morgan fingerprint density at radius 3 is 1.23 bits per heavy atom. The van der Waals surface area contributed by atoms with E-state index in [0.717, 1.165) is 38.3 Å². The Morgan fingerprint density at radius 2 is 0.933 bits per heavy atom. The number of hydrogen-bond donors (Lipinski definition) is 0. The van der Waals surface area contributed by atoms with Crippen LogP contribution in [0.4, 0.5) is 0 Å². The van der Waals surface area contributed by atoms with Crippen LogP contribution in [0, 0.1) is 0 Å². The normalized spacial score (nSPS) is 34.4. The van der Waals surface area contributed by atoms with Crippen molar-refractivity contribution in [2.75, 3.05) is 0 Å². The highest BCUT2D eigenvalue weighted by Gasteiger charge is 2.63. The molecular weight excluding hydrogens is 414 g/mol. The monoisotopic (exact) mass is 456 g/mol. The van der Waals surface area contributed by atoms with E-state index >= 15 is 0 Å². The third kappa shape index (κ3) is 6.22. The second kappa shape index (κ2) is 10.1. The van der Waals surface area contributed by atoms with Crippen molar-refractivity contribution >= 4 is 30.9 Å². The van der Waals surface area contributed by atoms with Gasteiger partial charge in [-0.1, -0.05) is 39.5 Å². The van der Waals surface area contributed by atoms with Crippen LogP contribution < -0.4 is 0 Å². The van der Waals surface area contributed by atoms with Gasteiger partial charge in [-0.3, -0.25) is 0 Å². The molecule has 0 unspecified atom stereocenters. The van der Waals surface area contributed by atoms with E-state index in [1.165, 1.54) is 0 Å². The predicted molar refractivity (Wildman–Crippen MR) is 127 cm³/mol. The molecule has 0 spiro atoms. The van der Waals surface area contributed by atoms with Crippen LogP contribution in [0.2, 0.25) is 51.9 Å². The predicted octanol–water partition coefficient (Wildman–Crippen LogP) is 4.58. The maximum atomic E-state index is 6.72. The lowest BCUT2D eigenvalue weighted by Gasteiger charge is -2.48. The molecule has 0 radical (unpaired) electrons. The highest BCUT2D eigenvalue weighted by Crippen LogP contribution is 2.43. The minimum Gasteiger partial charge on any atom is -0.409 e. The summed E-state index contributed by atoms with van der Waals surface area (Å²) in [4.78, 5) is 0. The second-order valence-corrected chi connectivity index (χ2v) is 19.9. The zero-order chi connectivity index (χ0) is 22.1. The molecule has 2 saturated heterocycles. The van der Waals surface area contributed by atoms with Crippen molar-refractivity contribution < 1.29 is 27.5 Å². The Kier molecular flexibility index (Phi) is 8.38. The number of hydrogen-bond acceptors (Lipinski definition) is 6. The molecule has 1 saturated carbocycles. The van der Waals surface area contributed by atoms with Crippen molar-refractivity contribution in [2.45, 2.75) is 128 Å². The maximum Gasteiger partial charge on any atom is 0.457 e. The molecule has 0 bridgehead atoms. The van der Waals surface area contributed by atoms with E-state index in [4.69, 9.17) is 27.5 Å². The van der Waals surface area contributed by atoms with E-state index in [-0.39, 0.29) is 50.9 Å². The summed E-state index contributed by atoms with van der Waals surface area (Å²) >= 11 is 0. The first-order valence-corrected chi connectivity index (χ1v) is 18.8. The van der Waals surface area contributed by atoms with Gasteiger partial charge >= 0.3 is 14.2 Å². The molecule has 6 nitrogen and oxygen atoms in total. The van der Waals surface area contributed by atoms with Gasteiger partial charge in [0.05, 0.1) is 36.6 Å². The molecule has 2 aliphatic heterocycles. The van der Waals surface area contributed by atoms with E-state index in [2.05, 4.69) is 53.1 Å². The molecule has 172 valence electrons. The number of unbranched alkanes of at least 4 members (excludes halogenated alkanes) is 2. The summed E-state index contributed by atoms with van der Waals surface area (Å²) in [5.74, 6) is 0. The zero-order valence-electron chi connectivity index (χ0n) is 20.3. The minimum absolute atomic E-state index is 0.161. The largest absolute Gasteiger partial charge is 0.457 e. The summed E-state index contributed by atoms with van der Waals surface area (Å²) in [5, 5.41) is 0. The van der Waals surface area contributed by atoms with Gasteiger partial charge in [0.1, 0.15) is 0 Å². The fourth-order valence-electron chi connectivity index (χ4n) is 4.60. The smallest absolute Gasteiger partial charge is 0.409 e. The van der Waals surface area contributed by atoms with Gasteiger partial charge in [-0.2, -0.15) is 0 Å². The van der Waals surface area contributed by atoms with Crippen LogP contribution in [0.3, 0.4) is 0 Å². The van der Waals surface area contributed by atoms with E-state index in [0.29, 0.717) is 0 Å². The Hall–Kier alpha value is 0.324. The van der Waals surface area contributed by atoms with Crippen LogP contribution in [0.1, 0.15) is 39.5 Å². The van der Waals surface area contributed by atoms with Crippen molar-refractivity contribution in [2.24, 2.45) is 0 Å². The van der Waals surface area contributed by atoms with Gasteiger partial charge in [-0.15, -0.1) is 0 Å². The first kappa shape index (κ1) is 25.0.